The monoisotopic (exact) mass is 252 g/mol. The lowest BCUT2D eigenvalue weighted by molar-refractivity contribution is 0.0611. The highest BCUT2D eigenvalue weighted by atomic mass is 19.1. The van der Waals surface area contributed by atoms with Crippen LogP contribution in [0.4, 0.5) is 4.39 Å². The molecule has 2 unspecified atom stereocenters. The Hall–Kier alpha value is -0.970. The van der Waals surface area contributed by atoms with E-state index in [9.17, 15) is 4.39 Å². The molecule has 0 aromatic heterocycles. The molecule has 2 N–H and O–H groups in total. The number of nitrogens with two attached hydrogens (primary N) is 1. The van der Waals surface area contributed by atoms with Gasteiger partial charge in [0.25, 0.3) is 0 Å². The summed E-state index contributed by atoms with van der Waals surface area (Å²) in [5.41, 5.74) is 6.83. The van der Waals surface area contributed by atoms with Crippen LogP contribution in [-0.4, -0.2) is 37.2 Å². The van der Waals surface area contributed by atoms with Crippen LogP contribution in [0, 0.1) is 5.82 Å². The van der Waals surface area contributed by atoms with Crippen LogP contribution < -0.4 is 5.73 Å². The minimum atomic E-state index is -0.204. The molecule has 1 saturated heterocycles. The first-order chi connectivity index (χ1) is 8.70. The van der Waals surface area contributed by atoms with E-state index < -0.39 is 0 Å². The van der Waals surface area contributed by atoms with Gasteiger partial charge in [0, 0.05) is 32.3 Å². The Morgan fingerprint density at radius 2 is 2.39 bits per heavy atom. The molecule has 0 saturated carbocycles. The minimum absolute atomic E-state index is 0.0739. The van der Waals surface area contributed by atoms with Crippen molar-refractivity contribution in [3.63, 3.8) is 0 Å². The fourth-order valence-electron chi connectivity index (χ4n) is 2.52. The number of benzene rings is 1. The molecule has 2 rings (SSSR count). The molecule has 1 aliphatic heterocycles. The SMILES string of the molecule is CC1CN(C(CN)c2cccc(F)c2)CCCO1. The van der Waals surface area contributed by atoms with Crippen molar-refractivity contribution in [2.24, 2.45) is 5.73 Å². The first-order valence-electron chi connectivity index (χ1n) is 6.52. The molecule has 1 aromatic carbocycles. The van der Waals surface area contributed by atoms with Gasteiger partial charge in [-0.25, -0.2) is 4.39 Å². The molecule has 0 spiro atoms. The number of rotatable bonds is 3. The Bertz CT molecular complexity index is 386. The number of hydrogen-bond acceptors (Lipinski definition) is 3. The minimum Gasteiger partial charge on any atom is -0.377 e. The van der Waals surface area contributed by atoms with Crippen molar-refractivity contribution in [3.05, 3.63) is 35.6 Å². The molecule has 3 nitrogen and oxygen atoms in total. The Labute approximate surface area is 108 Å². The van der Waals surface area contributed by atoms with Gasteiger partial charge in [0.1, 0.15) is 5.82 Å². The fourth-order valence-corrected chi connectivity index (χ4v) is 2.52. The van der Waals surface area contributed by atoms with Gasteiger partial charge in [0.15, 0.2) is 0 Å². The van der Waals surface area contributed by atoms with E-state index in [1.54, 1.807) is 12.1 Å². The molecule has 1 heterocycles. The first kappa shape index (κ1) is 13.5. The Morgan fingerprint density at radius 1 is 1.56 bits per heavy atom. The summed E-state index contributed by atoms with van der Waals surface area (Å²) in [6, 6.07) is 6.80. The van der Waals surface area contributed by atoms with Gasteiger partial charge in [-0.2, -0.15) is 0 Å². The third-order valence-electron chi connectivity index (χ3n) is 3.38. The van der Waals surface area contributed by atoms with Gasteiger partial charge >= 0.3 is 0 Å². The standard InChI is InChI=1S/C14H21FN2O/c1-11-10-17(6-3-7-18-11)14(9-16)12-4-2-5-13(15)8-12/h2,4-5,8,11,14H,3,6-7,9-10,16H2,1H3. The average Bonchev–Trinajstić information content (AvgIpc) is 2.55. The number of halogens is 1. The van der Waals surface area contributed by atoms with E-state index in [1.807, 2.05) is 6.07 Å². The average molecular weight is 252 g/mol. The van der Waals surface area contributed by atoms with Gasteiger partial charge in [0.2, 0.25) is 0 Å². The molecule has 0 radical (unpaired) electrons. The third kappa shape index (κ3) is 3.28. The lowest BCUT2D eigenvalue weighted by Crippen LogP contribution is -2.37. The lowest BCUT2D eigenvalue weighted by Gasteiger charge is -2.31. The Morgan fingerprint density at radius 3 is 3.11 bits per heavy atom. The van der Waals surface area contributed by atoms with Gasteiger partial charge in [-0.1, -0.05) is 12.1 Å². The second kappa shape index (κ2) is 6.27. The van der Waals surface area contributed by atoms with E-state index in [0.717, 1.165) is 31.7 Å². The lowest BCUT2D eigenvalue weighted by atomic mass is 10.0. The van der Waals surface area contributed by atoms with Crippen molar-refractivity contribution in [1.82, 2.24) is 4.90 Å². The summed E-state index contributed by atoms with van der Waals surface area (Å²) in [6.07, 6.45) is 1.20. The van der Waals surface area contributed by atoms with Crippen LogP contribution in [0.15, 0.2) is 24.3 Å². The summed E-state index contributed by atoms with van der Waals surface area (Å²) in [5.74, 6) is -0.204. The number of hydrogen-bond donors (Lipinski definition) is 1. The highest BCUT2D eigenvalue weighted by Crippen LogP contribution is 2.22. The van der Waals surface area contributed by atoms with Crippen LogP contribution in [-0.2, 0) is 4.74 Å². The van der Waals surface area contributed by atoms with Gasteiger partial charge in [-0.05, 0) is 31.0 Å². The van der Waals surface area contributed by atoms with E-state index in [0.29, 0.717) is 6.54 Å². The van der Waals surface area contributed by atoms with E-state index >= 15 is 0 Å². The molecule has 0 amide bonds. The summed E-state index contributed by atoms with van der Waals surface area (Å²) in [4.78, 5) is 2.30. The van der Waals surface area contributed by atoms with Crippen LogP contribution in [0.5, 0.6) is 0 Å². The van der Waals surface area contributed by atoms with Crippen molar-refractivity contribution in [3.8, 4) is 0 Å². The Balaban J connectivity index is 2.16. The van der Waals surface area contributed by atoms with Crippen molar-refractivity contribution >= 4 is 0 Å². The Kier molecular flexibility index (Phi) is 4.69. The zero-order valence-electron chi connectivity index (χ0n) is 10.8. The first-order valence-corrected chi connectivity index (χ1v) is 6.52. The van der Waals surface area contributed by atoms with E-state index in [2.05, 4.69) is 11.8 Å². The number of nitrogens with zero attached hydrogens (tertiary/aromatic N) is 1. The van der Waals surface area contributed by atoms with Gasteiger partial charge in [-0.3, -0.25) is 4.90 Å². The van der Waals surface area contributed by atoms with Crippen LogP contribution in [0.25, 0.3) is 0 Å². The summed E-state index contributed by atoms with van der Waals surface area (Å²) in [5, 5.41) is 0. The topological polar surface area (TPSA) is 38.5 Å². The fraction of sp³-hybridized carbons (Fsp3) is 0.571. The molecular weight excluding hydrogens is 231 g/mol. The molecule has 4 heteroatoms. The summed E-state index contributed by atoms with van der Waals surface area (Å²) >= 11 is 0. The normalized spacial score (nSPS) is 23.6. The molecule has 1 aliphatic rings. The predicted octanol–water partition coefficient (Wildman–Crippen LogP) is 1.94. The van der Waals surface area contributed by atoms with E-state index in [-0.39, 0.29) is 18.0 Å². The van der Waals surface area contributed by atoms with Crippen molar-refractivity contribution < 1.29 is 9.13 Å². The molecule has 1 fully saturated rings. The van der Waals surface area contributed by atoms with E-state index in [1.165, 1.54) is 6.07 Å². The molecule has 0 bridgehead atoms. The van der Waals surface area contributed by atoms with Crippen molar-refractivity contribution in [2.45, 2.75) is 25.5 Å². The highest BCUT2D eigenvalue weighted by Gasteiger charge is 2.23. The highest BCUT2D eigenvalue weighted by molar-refractivity contribution is 5.20. The maximum absolute atomic E-state index is 13.3. The zero-order chi connectivity index (χ0) is 13.0. The van der Waals surface area contributed by atoms with Crippen LogP contribution in [0.2, 0.25) is 0 Å². The quantitative estimate of drug-likeness (QED) is 0.893. The molecule has 18 heavy (non-hydrogen) atoms. The maximum Gasteiger partial charge on any atom is 0.123 e. The van der Waals surface area contributed by atoms with Crippen LogP contribution in [0.3, 0.4) is 0 Å². The second-order valence-electron chi connectivity index (χ2n) is 4.84. The van der Waals surface area contributed by atoms with Gasteiger partial charge in [0.05, 0.1) is 6.10 Å². The summed E-state index contributed by atoms with van der Waals surface area (Å²) < 4.78 is 18.9. The molecule has 2 atom stereocenters. The molecule has 1 aromatic rings. The van der Waals surface area contributed by atoms with Gasteiger partial charge < -0.3 is 10.5 Å². The summed E-state index contributed by atoms with van der Waals surface area (Å²) in [6.45, 7) is 5.15. The zero-order valence-corrected chi connectivity index (χ0v) is 10.8. The molecular formula is C14H21FN2O. The smallest absolute Gasteiger partial charge is 0.123 e. The predicted molar refractivity (Wildman–Crippen MR) is 69.8 cm³/mol. The second-order valence-corrected chi connectivity index (χ2v) is 4.84. The van der Waals surface area contributed by atoms with Crippen LogP contribution >= 0.6 is 0 Å². The van der Waals surface area contributed by atoms with E-state index in [4.69, 9.17) is 10.5 Å². The van der Waals surface area contributed by atoms with Crippen LogP contribution in [0.1, 0.15) is 24.9 Å². The summed E-state index contributed by atoms with van der Waals surface area (Å²) in [7, 11) is 0. The third-order valence-corrected chi connectivity index (χ3v) is 3.38. The molecule has 100 valence electrons. The number of ether oxygens (including phenoxy) is 1. The van der Waals surface area contributed by atoms with Crippen molar-refractivity contribution in [1.29, 1.82) is 0 Å². The largest absolute Gasteiger partial charge is 0.377 e. The molecule has 0 aliphatic carbocycles. The van der Waals surface area contributed by atoms with Gasteiger partial charge in [-0.15, -0.1) is 0 Å². The maximum atomic E-state index is 13.3. The van der Waals surface area contributed by atoms with Crippen molar-refractivity contribution in [2.75, 3.05) is 26.2 Å².